The minimum absolute atomic E-state index is 0.0950. The number of rotatable bonds is 5. The second-order valence-corrected chi connectivity index (χ2v) is 9.65. The topological polar surface area (TPSA) is 91.7 Å². The van der Waals surface area contributed by atoms with Crippen LogP contribution in [0.3, 0.4) is 0 Å². The number of hydrogen-bond donors (Lipinski definition) is 1. The first kappa shape index (κ1) is 26.1. The molecule has 41 heavy (non-hydrogen) atoms. The van der Waals surface area contributed by atoms with E-state index in [1.54, 1.807) is 67.4 Å². The normalized spacial score (nSPS) is 12.0. The number of anilines is 1. The van der Waals surface area contributed by atoms with E-state index in [2.05, 4.69) is 15.5 Å². The van der Waals surface area contributed by atoms with Crippen molar-refractivity contribution in [2.75, 3.05) is 5.32 Å². The van der Waals surface area contributed by atoms with Crippen molar-refractivity contribution in [2.24, 2.45) is 14.1 Å². The van der Waals surface area contributed by atoms with Gasteiger partial charge in [0.15, 0.2) is 0 Å². The molecule has 6 rings (SSSR count). The number of aromatic nitrogens is 6. The molecule has 3 aromatic carbocycles. The summed E-state index contributed by atoms with van der Waals surface area (Å²) in [5.41, 5.74) is 2.23. The molecule has 12 heteroatoms. The van der Waals surface area contributed by atoms with Crippen molar-refractivity contribution in [3.05, 3.63) is 94.8 Å². The molecule has 0 bridgehead atoms. The molecule has 1 N–H and O–H groups in total. The predicted molar refractivity (Wildman–Crippen MR) is 149 cm³/mol. The molecule has 0 fully saturated rings. The number of halogens is 3. The Kier molecular flexibility index (Phi) is 6.05. The van der Waals surface area contributed by atoms with E-state index >= 15 is 0 Å². The molecule has 3 heterocycles. The summed E-state index contributed by atoms with van der Waals surface area (Å²) in [6.07, 6.45) is -1.64. The third-order valence-corrected chi connectivity index (χ3v) is 7.18. The summed E-state index contributed by atoms with van der Waals surface area (Å²) in [7, 11) is 3.31. The first-order valence-electron chi connectivity index (χ1n) is 12.7. The fourth-order valence-corrected chi connectivity index (χ4v) is 5.15. The van der Waals surface area contributed by atoms with Crippen molar-refractivity contribution in [2.45, 2.75) is 19.6 Å². The molecule has 0 spiro atoms. The molecule has 0 radical (unpaired) electrons. The minimum atomic E-state index is -4.65. The number of carbonyl (C=O) groups is 1. The van der Waals surface area contributed by atoms with Crippen LogP contribution < -0.4 is 11.0 Å². The molecule has 0 aliphatic carbocycles. The average Bonchev–Trinajstić information content (AvgIpc) is 3.63. The zero-order chi connectivity index (χ0) is 29.1. The molecule has 9 nitrogen and oxygen atoms in total. The number of alkyl halides is 3. The maximum absolute atomic E-state index is 14.0. The minimum Gasteiger partial charge on any atom is -0.340 e. The van der Waals surface area contributed by atoms with Crippen molar-refractivity contribution in [1.82, 2.24) is 28.7 Å². The number of fused-ring (bicyclic) bond motifs is 2. The highest BCUT2D eigenvalue weighted by molar-refractivity contribution is 6.15. The molecule has 3 aromatic heterocycles. The SMILES string of the molecule is CCn1c(-c2ccc(-n3cnn(C)c3=O)cc2)cc2cc(C(F)(F)F)cc(C(=O)Nc3cccc4c3cnn4C)c21. The van der Waals surface area contributed by atoms with E-state index in [-0.39, 0.29) is 16.6 Å². The summed E-state index contributed by atoms with van der Waals surface area (Å²) in [5.74, 6) is -0.664. The van der Waals surface area contributed by atoms with Crippen LogP contribution in [0.25, 0.3) is 38.8 Å². The van der Waals surface area contributed by atoms with E-state index in [1.165, 1.54) is 15.6 Å². The number of benzene rings is 3. The maximum atomic E-state index is 14.0. The lowest BCUT2D eigenvalue weighted by molar-refractivity contribution is -0.137. The van der Waals surface area contributed by atoms with Crippen LogP contribution in [-0.4, -0.2) is 34.6 Å². The molecule has 0 saturated heterocycles. The third-order valence-electron chi connectivity index (χ3n) is 7.18. The van der Waals surface area contributed by atoms with Gasteiger partial charge in [0.25, 0.3) is 5.91 Å². The quantitative estimate of drug-likeness (QED) is 0.308. The number of hydrogen-bond acceptors (Lipinski definition) is 4. The van der Waals surface area contributed by atoms with Gasteiger partial charge in [-0.05, 0) is 55.0 Å². The highest BCUT2D eigenvalue weighted by Crippen LogP contribution is 2.37. The summed E-state index contributed by atoms with van der Waals surface area (Å²) in [6.45, 7) is 2.26. The van der Waals surface area contributed by atoms with Crippen LogP contribution in [0, 0.1) is 0 Å². The number of nitrogens with one attached hydrogen (secondary N) is 1. The van der Waals surface area contributed by atoms with Gasteiger partial charge >= 0.3 is 11.9 Å². The Balaban J connectivity index is 1.48. The van der Waals surface area contributed by atoms with E-state index in [0.29, 0.717) is 40.1 Å². The van der Waals surface area contributed by atoms with Crippen molar-refractivity contribution < 1.29 is 18.0 Å². The lowest BCUT2D eigenvalue weighted by Crippen LogP contribution is -2.21. The molecule has 0 aliphatic heterocycles. The fourth-order valence-electron chi connectivity index (χ4n) is 5.15. The Morgan fingerprint density at radius 1 is 0.976 bits per heavy atom. The second kappa shape index (κ2) is 9.51. The lowest BCUT2D eigenvalue weighted by atomic mass is 10.0. The predicted octanol–water partition coefficient (Wildman–Crippen LogP) is 5.37. The molecule has 0 atom stereocenters. The Morgan fingerprint density at radius 2 is 1.73 bits per heavy atom. The molecule has 208 valence electrons. The number of nitrogens with zero attached hydrogens (tertiary/aromatic N) is 6. The third kappa shape index (κ3) is 4.37. The molecular formula is C29H24F3N7O2. The van der Waals surface area contributed by atoms with Crippen LogP contribution in [0.1, 0.15) is 22.8 Å². The Morgan fingerprint density at radius 3 is 2.39 bits per heavy atom. The van der Waals surface area contributed by atoms with Crippen LogP contribution in [0.2, 0.25) is 0 Å². The van der Waals surface area contributed by atoms with Crippen LogP contribution in [0.5, 0.6) is 0 Å². The van der Waals surface area contributed by atoms with Gasteiger partial charge in [-0.3, -0.25) is 9.48 Å². The summed E-state index contributed by atoms with van der Waals surface area (Å²) in [6, 6.07) is 15.9. The van der Waals surface area contributed by atoms with Gasteiger partial charge in [0.2, 0.25) is 0 Å². The summed E-state index contributed by atoms with van der Waals surface area (Å²) in [5, 5.41) is 11.9. The van der Waals surface area contributed by atoms with Crippen LogP contribution in [0.4, 0.5) is 18.9 Å². The standard InChI is InChI=1S/C29H24F3N7O2/c1-4-38-25(17-8-10-20(11-9-17)39-16-34-37(3)28(39)41)13-18-12-19(29(30,31)32)14-21(26(18)38)27(40)35-23-6-5-7-24-22(23)15-33-36(24)2/h5-16H,4H2,1-3H3,(H,35,40). The van der Waals surface area contributed by atoms with Gasteiger partial charge in [-0.1, -0.05) is 18.2 Å². The highest BCUT2D eigenvalue weighted by atomic mass is 19.4. The van der Waals surface area contributed by atoms with E-state index in [9.17, 15) is 22.8 Å². The average molecular weight is 560 g/mol. The van der Waals surface area contributed by atoms with Gasteiger partial charge in [0.05, 0.1) is 39.7 Å². The molecular weight excluding hydrogens is 535 g/mol. The highest BCUT2D eigenvalue weighted by Gasteiger charge is 2.33. The molecule has 0 saturated carbocycles. The van der Waals surface area contributed by atoms with Gasteiger partial charge in [0.1, 0.15) is 6.33 Å². The molecule has 1 amide bonds. The van der Waals surface area contributed by atoms with Crippen molar-refractivity contribution >= 4 is 33.4 Å². The zero-order valence-electron chi connectivity index (χ0n) is 22.3. The van der Waals surface area contributed by atoms with Crippen LogP contribution in [-0.2, 0) is 26.8 Å². The zero-order valence-corrected chi connectivity index (χ0v) is 22.3. The first-order valence-corrected chi connectivity index (χ1v) is 12.7. The number of amides is 1. The first-order chi connectivity index (χ1) is 19.6. The summed E-state index contributed by atoms with van der Waals surface area (Å²) in [4.78, 5) is 25.9. The van der Waals surface area contributed by atoms with Gasteiger partial charge in [-0.2, -0.15) is 23.4 Å². The molecule has 0 unspecified atom stereocenters. The van der Waals surface area contributed by atoms with Crippen molar-refractivity contribution in [3.63, 3.8) is 0 Å². The summed E-state index contributed by atoms with van der Waals surface area (Å²) >= 11 is 0. The Hall–Kier alpha value is -5.13. The van der Waals surface area contributed by atoms with Crippen LogP contribution in [0.15, 0.2) is 78.0 Å². The molecule has 6 aromatic rings. The van der Waals surface area contributed by atoms with Crippen molar-refractivity contribution in [1.29, 1.82) is 0 Å². The van der Waals surface area contributed by atoms with E-state index in [1.807, 2.05) is 17.6 Å². The van der Waals surface area contributed by atoms with Crippen LogP contribution >= 0.6 is 0 Å². The van der Waals surface area contributed by atoms with Gasteiger partial charge in [0, 0.05) is 37.1 Å². The van der Waals surface area contributed by atoms with E-state index in [0.717, 1.165) is 17.6 Å². The Bertz CT molecular complexity index is 2010. The Labute approximate surface area is 231 Å². The lowest BCUT2D eigenvalue weighted by Gasteiger charge is -2.15. The monoisotopic (exact) mass is 559 g/mol. The van der Waals surface area contributed by atoms with Crippen molar-refractivity contribution in [3.8, 4) is 16.9 Å². The number of carbonyl (C=O) groups excluding carboxylic acids is 1. The van der Waals surface area contributed by atoms with E-state index < -0.39 is 17.6 Å². The largest absolute Gasteiger partial charge is 0.416 e. The molecule has 0 aliphatic rings. The fraction of sp³-hybridized carbons (Fsp3) is 0.172. The summed E-state index contributed by atoms with van der Waals surface area (Å²) < 4.78 is 48.0. The van der Waals surface area contributed by atoms with E-state index in [4.69, 9.17) is 0 Å². The smallest absolute Gasteiger partial charge is 0.340 e. The number of aryl methyl sites for hydroxylation is 3. The second-order valence-electron chi connectivity index (χ2n) is 9.65. The van der Waals surface area contributed by atoms with Gasteiger partial charge < -0.3 is 9.88 Å². The maximum Gasteiger partial charge on any atom is 0.416 e. The van der Waals surface area contributed by atoms with Gasteiger partial charge in [-0.15, -0.1) is 0 Å². The van der Waals surface area contributed by atoms with Gasteiger partial charge in [-0.25, -0.2) is 14.0 Å².